The zero-order valence-electron chi connectivity index (χ0n) is 20.1. The van der Waals surface area contributed by atoms with Gasteiger partial charge in [0.15, 0.2) is 0 Å². The van der Waals surface area contributed by atoms with Crippen molar-refractivity contribution in [3.05, 3.63) is 81.9 Å². The molecular weight excluding hydrogens is 480 g/mol. The minimum atomic E-state index is -0.838. The van der Waals surface area contributed by atoms with E-state index < -0.39 is 5.97 Å². The van der Waals surface area contributed by atoms with Crippen molar-refractivity contribution in [2.75, 3.05) is 30.7 Å². The van der Waals surface area contributed by atoms with E-state index in [1.54, 1.807) is 19.2 Å². The zero-order chi connectivity index (χ0) is 25.4. The van der Waals surface area contributed by atoms with Gasteiger partial charge in [0.1, 0.15) is 11.4 Å². The third kappa shape index (κ3) is 4.34. The molecule has 0 spiro atoms. The predicted molar refractivity (Wildman–Crippen MR) is 139 cm³/mol. The number of nitrogens with one attached hydrogen (secondary N) is 1. The lowest BCUT2D eigenvalue weighted by Crippen LogP contribution is -2.41. The standard InChI is InChI=1S/C27H27ClN4O4/c1-30-26-23(14-17(10-11-25(33)34)15-24(26)36-2)32(29-30)22-9-5-6-18-16-31(13-12-19(18)22)27(35)20-7-3-4-8-21(20)28/h3-9,14-15,29H,10-13,16H2,1-2H3,(H,33,34). The molecular formula is C27H27ClN4O4. The Bertz CT molecular complexity index is 1350. The van der Waals surface area contributed by atoms with Crippen LogP contribution in [0.2, 0.25) is 5.02 Å². The van der Waals surface area contributed by atoms with Gasteiger partial charge in [-0.15, -0.1) is 5.53 Å². The lowest BCUT2D eigenvalue weighted by Gasteiger charge is -2.32. The van der Waals surface area contributed by atoms with Gasteiger partial charge >= 0.3 is 5.97 Å². The number of hydrogen-bond acceptors (Lipinski definition) is 6. The van der Waals surface area contributed by atoms with Gasteiger partial charge in [0.2, 0.25) is 0 Å². The van der Waals surface area contributed by atoms with Gasteiger partial charge in [0.05, 0.1) is 29.1 Å². The first kappa shape index (κ1) is 24.0. The number of aliphatic carboxylic acids is 1. The number of fused-ring (bicyclic) bond motifs is 2. The number of benzene rings is 3. The highest BCUT2D eigenvalue weighted by Gasteiger charge is 2.32. The molecule has 2 aliphatic heterocycles. The van der Waals surface area contributed by atoms with Crippen LogP contribution in [0, 0.1) is 0 Å². The molecule has 2 aliphatic rings. The average molecular weight is 507 g/mol. The smallest absolute Gasteiger partial charge is 0.303 e. The molecule has 3 aromatic rings. The summed E-state index contributed by atoms with van der Waals surface area (Å²) in [6.07, 6.45) is 1.14. The van der Waals surface area contributed by atoms with E-state index in [0.717, 1.165) is 33.8 Å². The van der Waals surface area contributed by atoms with Gasteiger partial charge < -0.3 is 14.7 Å². The van der Waals surface area contributed by atoms with E-state index in [1.165, 1.54) is 0 Å². The van der Waals surface area contributed by atoms with E-state index in [9.17, 15) is 9.59 Å². The second kappa shape index (κ2) is 9.72. The number of amides is 1. The summed E-state index contributed by atoms with van der Waals surface area (Å²) < 4.78 is 5.65. The van der Waals surface area contributed by atoms with Crippen LogP contribution >= 0.6 is 11.6 Å². The molecule has 36 heavy (non-hydrogen) atoms. The average Bonchev–Trinajstić information content (AvgIpc) is 3.22. The third-order valence-corrected chi connectivity index (χ3v) is 6.99. The summed E-state index contributed by atoms with van der Waals surface area (Å²) in [5, 5.41) is 13.5. The van der Waals surface area contributed by atoms with Crippen molar-refractivity contribution in [1.82, 2.24) is 10.4 Å². The minimum absolute atomic E-state index is 0.0429. The predicted octanol–water partition coefficient (Wildman–Crippen LogP) is 4.57. The number of ether oxygens (including phenoxy) is 1. The van der Waals surface area contributed by atoms with Crippen molar-refractivity contribution in [3.8, 4) is 5.75 Å². The van der Waals surface area contributed by atoms with Gasteiger partial charge in [-0.25, -0.2) is 0 Å². The molecule has 0 aliphatic carbocycles. The van der Waals surface area contributed by atoms with E-state index in [0.29, 0.717) is 42.3 Å². The fourth-order valence-electron chi connectivity index (χ4n) is 4.92. The van der Waals surface area contributed by atoms with Gasteiger partial charge in [-0.05, 0) is 59.9 Å². The number of anilines is 3. The second-order valence-corrected chi connectivity index (χ2v) is 9.33. The Morgan fingerprint density at radius 2 is 1.92 bits per heavy atom. The summed E-state index contributed by atoms with van der Waals surface area (Å²) in [7, 11) is 3.53. The number of carboxylic acids is 1. The zero-order valence-corrected chi connectivity index (χ0v) is 20.9. The third-order valence-electron chi connectivity index (χ3n) is 6.66. The number of carboxylic acid groups (broad SMARTS) is 1. The Hall–Kier alpha value is -3.75. The van der Waals surface area contributed by atoms with Gasteiger partial charge in [-0.2, -0.15) is 0 Å². The summed E-state index contributed by atoms with van der Waals surface area (Å²) in [5.74, 6) is -0.241. The van der Waals surface area contributed by atoms with Crippen molar-refractivity contribution in [3.63, 3.8) is 0 Å². The maximum absolute atomic E-state index is 13.2. The number of hydrazine groups is 2. The Kier molecular flexibility index (Phi) is 6.47. The molecule has 1 amide bonds. The summed E-state index contributed by atoms with van der Waals surface area (Å²) in [6.45, 7) is 1.07. The van der Waals surface area contributed by atoms with Gasteiger partial charge in [-0.3, -0.25) is 19.6 Å². The van der Waals surface area contributed by atoms with Gasteiger partial charge in [0, 0.05) is 26.6 Å². The highest BCUT2D eigenvalue weighted by Crippen LogP contribution is 2.46. The van der Waals surface area contributed by atoms with Crippen molar-refractivity contribution >= 4 is 40.5 Å². The van der Waals surface area contributed by atoms with Crippen LogP contribution in [-0.2, 0) is 24.2 Å². The Morgan fingerprint density at radius 3 is 2.67 bits per heavy atom. The number of methoxy groups -OCH3 is 1. The molecule has 9 heteroatoms. The Morgan fingerprint density at radius 1 is 1.11 bits per heavy atom. The summed E-state index contributed by atoms with van der Waals surface area (Å²) in [4.78, 5) is 26.1. The number of carbonyl (C=O) groups is 2. The summed E-state index contributed by atoms with van der Waals surface area (Å²) in [5.41, 5.74) is 9.77. The van der Waals surface area contributed by atoms with Crippen LogP contribution in [0.3, 0.4) is 0 Å². The lowest BCUT2D eigenvalue weighted by atomic mass is 9.96. The fraction of sp³-hybridized carbons (Fsp3) is 0.259. The molecule has 0 saturated carbocycles. The first-order chi connectivity index (χ1) is 17.4. The van der Waals surface area contributed by atoms with E-state index in [1.807, 2.05) is 52.3 Å². The molecule has 0 bridgehead atoms. The topological polar surface area (TPSA) is 85.3 Å². The largest absolute Gasteiger partial charge is 0.494 e. The van der Waals surface area contributed by atoms with Crippen LogP contribution in [-0.4, -0.2) is 42.6 Å². The summed E-state index contributed by atoms with van der Waals surface area (Å²) in [6, 6.07) is 17.1. The van der Waals surface area contributed by atoms with Crippen LogP contribution in [0.1, 0.15) is 33.5 Å². The maximum atomic E-state index is 13.2. The Balaban J connectivity index is 1.48. The maximum Gasteiger partial charge on any atom is 0.303 e. The molecule has 5 rings (SSSR count). The second-order valence-electron chi connectivity index (χ2n) is 8.93. The number of nitrogens with zero attached hydrogens (tertiary/aromatic N) is 3. The number of halogens is 1. The normalized spacial score (nSPS) is 14.5. The lowest BCUT2D eigenvalue weighted by molar-refractivity contribution is -0.136. The van der Waals surface area contributed by atoms with Crippen LogP contribution < -0.4 is 20.3 Å². The monoisotopic (exact) mass is 506 g/mol. The van der Waals surface area contributed by atoms with Crippen LogP contribution in [0.4, 0.5) is 17.1 Å². The molecule has 0 radical (unpaired) electrons. The van der Waals surface area contributed by atoms with Crippen molar-refractivity contribution in [1.29, 1.82) is 0 Å². The first-order valence-electron chi connectivity index (χ1n) is 11.7. The number of rotatable bonds is 6. The van der Waals surface area contributed by atoms with Gasteiger partial charge in [-0.1, -0.05) is 35.9 Å². The summed E-state index contributed by atoms with van der Waals surface area (Å²) >= 11 is 6.28. The SMILES string of the molecule is COc1cc(CCC(=O)O)cc2c1N(C)NN2c1cccc2c1CCN(C(=O)c1ccccc1Cl)C2. The molecule has 0 saturated heterocycles. The number of aryl methyl sites for hydroxylation is 1. The van der Waals surface area contributed by atoms with Crippen LogP contribution in [0.25, 0.3) is 0 Å². The van der Waals surface area contributed by atoms with Crippen LogP contribution in [0.15, 0.2) is 54.6 Å². The molecule has 8 nitrogen and oxygen atoms in total. The molecule has 3 aromatic carbocycles. The first-order valence-corrected chi connectivity index (χ1v) is 12.1. The van der Waals surface area contributed by atoms with Crippen molar-refractivity contribution in [2.24, 2.45) is 0 Å². The van der Waals surface area contributed by atoms with Crippen LogP contribution in [0.5, 0.6) is 5.75 Å². The highest BCUT2D eigenvalue weighted by atomic mass is 35.5. The van der Waals surface area contributed by atoms with Crippen molar-refractivity contribution in [2.45, 2.75) is 25.8 Å². The fourth-order valence-corrected chi connectivity index (χ4v) is 5.14. The molecule has 0 unspecified atom stereocenters. The molecule has 0 atom stereocenters. The number of hydrogen-bond donors (Lipinski definition) is 2. The quantitative estimate of drug-likeness (QED) is 0.506. The van der Waals surface area contributed by atoms with E-state index in [4.69, 9.17) is 21.4 Å². The van der Waals surface area contributed by atoms with E-state index in [-0.39, 0.29) is 12.3 Å². The number of carbonyl (C=O) groups excluding carboxylic acids is 1. The highest BCUT2D eigenvalue weighted by molar-refractivity contribution is 6.33. The van der Waals surface area contributed by atoms with E-state index in [2.05, 4.69) is 17.7 Å². The van der Waals surface area contributed by atoms with Crippen molar-refractivity contribution < 1.29 is 19.4 Å². The molecule has 186 valence electrons. The Labute approximate surface area is 214 Å². The minimum Gasteiger partial charge on any atom is -0.494 e. The molecule has 0 fully saturated rings. The van der Waals surface area contributed by atoms with Gasteiger partial charge in [0.25, 0.3) is 5.91 Å². The molecule has 2 N–H and O–H groups in total. The molecule has 2 heterocycles. The van der Waals surface area contributed by atoms with E-state index >= 15 is 0 Å². The molecule has 0 aromatic heterocycles.